The van der Waals surface area contributed by atoms with E-state index in [1.807, 2.05) is 0 Å². The number of aliphatic hydroxyl groups is 5. The van der Waals surface area contributed by atoms with Crippen LogP contribution in [0.15, 0.2) is 12.2 Å². The minimum Gasteiger partial charge on any atom is -0.462 e. The fraction of sp³-hybridized carbons (Fsp3) is 0.886. The average Bonchev–Trinajstić information content (AvgIpc) is 3.07. The second kappa shape index (κ2) is 27.3. The van der Waals surface area contributed by atoms with Crippen molar-refractivity contribution in [1.82, 2.24) is 0 Å². The smallest absolute Gasteiger partial charge is 0.462 e. The van der Waals surface area contributed by atoms with Gasteiger partial charge in [0.1, 0.15) is 43.2 Å². The molecule has 0 aliphatic heterocycles. The first-order valence-electron chi connectivity index (χ1n) is 18.5. The fourth-order valence-corrected chi connectivity index (χ4v) is 6.50. The van der Waals surface area contributed by atoms with Gasteiger partial charge in [-0.25, -0.2) is 4.57 Å². The number of hydrogen-bond donors (Lipinski definition) is 6. The number of hydrogen-bond acceptors (Lipinski definition) is 12. The quantitative estimate of drug-likeness (QED) is 0.0255. The van der Waals surface area contributed by atoms with Gasteiger partial charge in [0.25, 0.3) is 0 Å². The number of esters is 2. The van der Waals surface area contributed by atoms with Gasteiger partial charge in [-0.15, -0.1) is 0 Å². The molecule has 1 aliphatic carbocycles. The summed E-state index contributed by atoms with van der Waals surface area (Å²) >= 11 is 0. The van der Waals surface area contributed by atoms with Gasteiger partial charge in [-0.2, -0.15) is 0 Å². The summed E-state index contributed by atoms with van der Waals surface area (Å²) in [6, 6.07) is 0. The predicted octanol–water partition coefficient (Wildman–Crippen LogP) is 5.16. The maximum Gasteiger partial charge on any atom is 0.472 e. The Balaban J connectivity index is 2.58. The Bertz CT molecular complexity index is 932. The van der Waals surface area contributed by atoms with Crippen LogP contribution in [0.4, 0.5) is 0 Å². The lowest BCUT2D eigenvalue weighted by Crippen LogP contribution is -2.64. The lowest BCUT2D eigenvalue weighted by molar-refractivity contribution is -0.220. The van der Waals surface area contributed by atoms with Gasteiger partial charge in [-0.3, -0.25) is 18.6 Å². The summed E-state index contributed by atoms with van der Waals surface area (Å²) in [6.07, 6.45) is 10.3. The number of ether oxygens (including phenoxy) is 2. The van der Waals surface area contributed by atoms with Crippen molar-refractivity contribution in [2.45, 2.75) is 185 Å². The number of allylic oxidation sites excluding steroid dienone is 2. The Kier molecular flexibility index (Phi) is 25.4. The average molecular weight is 725 g/mol. The highest BCUT2D eigenvalue weighted by atomic mass is 31.2. The van der Waals surface area contributed by atoms with E-state index in [0.29, 0.717) is 12.8 Å². The van der Waals surface area contributed by atoms with Gasteiger partial charge >= 0.3 is 19.8 Å². The van der Waals surface area contributed by atoms with E-state index >= 15 is 0 Å². The summed E-state index contributed by atoms with van der Waals surface area (Å²) in [4.78, 5) is 35.3. The number of unbranched alkanes of at least 4 members (excludes halogenated alkanes) is 15. The van der Waals surface area contributed by atoms with Crippen LogP contribution in [0.1, 0.15) is 142 Å². The first kappa shape index (κ1) is 45.6. The molecular weight excluding hydrogens is 659 g/mol. The van der Waals surface area contributed by atoms with E-state index < -0.39 is 75.7 Å². The van der Waals surface area contributed by atoms with E-state index in [1.54, 1.807) is 0 Å². The van der Waals surface area contributed by atoms with E-state index in [4.69, 9.17) is 18.5 Å². The Labute approximate surface area is 293 Å². The van der Waals surface area contributed by atoms with E-state index in [1.165, 1.54) is 38.5 Å². The van der Waals surface area contributed by atoms with Gasteiger partial charge in [0.15, 0.2) is 6.10 Å². The zero-order chi connectivity index (χ0) is 36.5. The fourth-order valence-electron chi connectivity index (χ4n) is 5.52. The molecule has 1 saturated carbocycles. The first-order valence-corrected chi connectivity index (χ1v) is 20.0. The Hall–Kier alpha value is -1.41. The van der Waals surface area contributed by atoms with Crippen LogP contribution < -0.4 is 0 Å². The molecule has 49 heavy (non-hydrogen) atoms. The van der Waals surface area contributed by atoms with Crippen LogP contribution in [0.25, 0.3) is 0 Å². The minimum absolute atomic E-state index is 0.0886. The summed E-state index contributed by atoms with van der Waals surface area (Å²) in [5.74, 6) is -1.11. The van der Waals surface area contributed by atoms with E-state index in [2.05, 4.69) is 26.0 Å². The first-order chi connectivity index (χ1) is 23.4. The molecule has 0 aromatic heterocycles. The van der Waals surface area contributed by atoms with Gasteiger partial charge in [-0.1, -0.05) is 109 Å². The van der Waals surface area contributed by atoms with Crippen LogP contribution in [-0.4, -0.2) is 98.3 Å². The molecule has 0 radical (unpaired) electrons. The molecule has 0 saturated heterocycles. The maximum absolute atomic E-state index is 12.7. The molecule has 13 nitrogen and oxygen atoms in total. The highest BCUT2D eigenvalue weighted by molar-refractivity contribution is 7.47. The van der Waals surface area contributed by atoms with Crippen LogP contribution >= 0.6 is 7.82 Å². The summed E-state index contributed by atoms with van der Waals surface area (Å²) in [5, 5.41) is 49.8. The summed E-state index contributed by atoms with van der Waals surface area (Å²) in [6.45, 7) is 3.16. The van der Waals surface area contributed by atoms with Crippen LogP contribution in [0.5, 0.6) is 0 Å². The molecule has 0 heterocycles. The molecule has 0 bridgehead atoms. The largest absolute Gasteiger partial charge is 0.472 e. The van der Waals surface area contributed by atoms with Crippen molar-refractivity contribution in [2.75, 3.05) is 13.2 Å². The monoisotopic (exact) mass is 724 g/mol. The van der Waals surface area contributed by atoms with Crippen LogP contribution in [0, 0.1) is 0 Å². The van der Waals surface area contributed by atoms with E-state index in [0.717, 1.165) is 64.2 Å². The topological polar surface area (TPSA) is 210 Å². The summed E-state index contributed by atoms with van der Waals surface area (Å²) in [5.41, 5.74) is 0. The summed E-state index contributed by atoms with van der Waals surface area (Å²) < 4.78 is 33.2. The molecule has 6 atom stereocenters. The molecule has 14 heteroatoms. The number of carbonyl (C=O) groups excluding carboxylic acids is 2. The molecule has 1 aliphatic rings. The second-order valence-electron chi connectivity index (χ2n) is 13.1. The van der Waals surface area contributed by atoms with Gasteiger partial charge in [0, 0.05) is 12.8 Å². The third-order valence-electron chi connectivity index (χ3n) is 8.59. The molecule has 0 amide bonds. The van der Waals surface area contributed by atoms with Crippen LogP contribution in [-0.2, 0) is 32.7 Å². The highest BCUT2D eigenvalue weighted by Gasteiger charge is 2.51. The third-order valence-corrected chi connectivity index (χ3v) is 9.57. The number of carbonyl (C=O) groups is 2. The molecule has 0 aromatic carbocycles. The highest BCUT2D eigenvalue weighted by Crippen LogP contribution is 2.47. The second-order valence-corrected chi connectivity index (χ2v) is 14.5. The Morgan fingerprint density at radius 2 is 1.08 bits per heavy atom. The normalized spacial score (nSPS) is 24.5. The third kappa shape index (κ3) is 20.9. The molecule has 1 rings (SSSR count). The molecule has 0 spiro atoms. The summed E-state index contributed by atoms with van der Waals surface area (Å²) in [7, 11) is -5.10. The lowest BCUT2D eigenvalue weighted by atomic mass is 9.85. The molecule has 288 valence electrons. The SMILES string of the molecule is CCC/C=C\CCCCCCCC(=O)OC(COC(=O)CCCCCCCCCCCC)COP(=O)(O)OC1C(O)C(O)C(O)C(O)C1O. The van der Waals surface area contributed by atoms with Crippen molar-refractivity contribution in [2.24, 2.45) is 0 Å². The zero-order valence-corrected chi connectivity index (χ0v) is 30.6. The standard InChI is InChI=1S/C35H65O13P/c1-3-5-7-9-11-13-15-17-19-21-23-28(36)45-25-27(47-29(37)24-22-20-18-16-14-12-10-8-6-4-2)26-46-49(43,44)48-35-33(41)31(39)30(38)32(40)34(35)42/h8,10,27,30-35,38-42H,3-7,9,11-26H2,1-2H3,(H,43,44)/b10-8-. The number of rotatable bonds is 29. The van der Waals surface area contributed by atoms with Crippen molar-refractivity contribution in [1.29, 1.82) is 0 Å². The Morgan fingerprint density at radius 1 is 0.612 bits per heavy atom. The van der Waals surface area contributed by atoms with Gasteiger partial charge in [0.2, 0.25) is 0 Å². The van der Waals surface area contributed by atoms with Crippen molar-refractivity contribution < 1.29 is 63.1 Å². The Morgan fingerprint density at radius 3 is 1.63 bits per heavy atom. The predicted molar refractivity (Wildman–Crippen MR) is 184 cm³/mol. The van der Waals surface area contributed by atoms with E-state index in [9.17, 15) is 44.6 Å². The van der Waals surface area contributed by atoms with Crippen molar-refractivity contribution in [3.05, 3.63) is 12.2 Å². The maximum atomic E-state index is 12.7. The van der Waals surface area contributed by atoms with Crippen molar-refractivity contribution >= 4 is 19.8 Å². The van der Waals surface area contributed by atoms with Crippen LogP contribution in [0.2, 0.25) is 0 Å². The number of phosphoric ester groups is 1. The number of aliphatic hydroxyl groups excluding tert-OH is 5. The van der Waals surface area contributed by atoms with Crippen molar-refractivity contribution in [3.8, 4) is 0 Å². The molecular formula is C35H65O13P. The van der Waals surface area contributed by atoms with Gasteiger partial charge in [0.05, 0.1) is 6.61 Å². The van der Waals surface area contributed by atoms with Gasteiger partial charge < -0.3 is 39.9 Å². The number of phosphoric acid groups is 1. The minimum atomic E-state index is -5.10. The molecule has 6 N–H and O–H groups in total. The molecule has 0 aromatic rings. The zero-order valence-electron chi connectivity index (χ0n) is 29.7. The van der Waals surface area contributed by atoms with Crippen molar-refractivity contribution in [3.63, 3.8) is 0 Å². The lowest BCUT2D eigenvalue weighted by Gasteiger charge is -2.41. The van der Waals surface area contributed by atoms with Crippen LogP contribution in [0.3, 0.4) is 0 Å². The van der Waals surface area contributed by atoms with E-state index in [-0.39, 0.29) is 12.8 Å². The molecule has 1 fully saturated rings. The van der Waals surface area contributed by atoms with Gasteiger partial charge in [-0.05, 0) is 32.1 Å². The molecule has 6 unspecified atom stereocenters.